The Hall–Kier alpha value is -3.71. The molecule has 188 valence electrons. The maximum absolute atomic E-state index is 6.23. The molecular formula is C29H34N4O3. The summed E-state index contributed by atoms with van der Waals surface area (Å²) in [6, 6.07) is 16.6. The highest BCUT2D eigenvalue weighted by atomic mass is 16.5. The predicted molar refractivity (Wildman–Crippen MR) is 145 cm³/mol. The van der Waals surface area contributed by atoms with Gasteiger partial charge in [0, 0.05) is 53.9 Å². The van der Waals surface area contributed by atoms with Gasteiger partial charge in [-0.1, -0.05) is 12.1 Å². The fraction of sp³-hybridized carbons (Fsp3) is 0.345. The first kappa shape index (κ1) is 24.0. The van der Waals surface area contributed by atoms with E-state index >= 15 is 0 Å². The molecule has 1 saturated heterocycles. The minimum absolute atomic E-state index is 0.562. The Morgan fingerprint density at radius 3 is 2.67 bits per heavy atom. The molecule has 1 aliphatic heterocycles. The normalized spacial score (nSPS) is 13.7. The molecule has 1 aliphatic rings. The zero-order valence-electron chi connectivity index (χ0n) is 21.5. The van der Waals surface area contributed by atoms with Gasteiger partial charge in [0.2, 0.25) is 0 Å². The second kappa shape index (κ2) is 10.5. The van der Waals surface area contributed by atoms with Crippen molar-refractivity contribution < 1.29 is 14.2 Å². The average Bonchev–Trinajstić information content (AvgIpc) is 3.18. The van der Waals surface area contributed by atoms with E-state index in [4.69, 9.17) is 19.2 Å². The Morgan fingerprint density at radius 2 is 1.86 bits per heavy atom. The van der Waals surface area contributed by atoms with Crippen LogP contribution in [-0.4, -0.2) is 50.0 Å². The van der Waals surface area contributed by atoms with Gasteiger partial charge in [0.15, 0.2) is 0 Å². The van der Waals surface area contributed by atoms with Crippen molar-refractivity contribution in [2.45, 2.75) is 27.2 Å². The molecule has 0 spiro atoms. The van der Waals surface area contributed by atoms with E-state index < -0.39 is 0 Å². The molecular weight excluding hydrogens is 452 g/mol. The Balaban J connectivity index is 1.36. The number of anilines is 3. The number of pyridine rings is 1. The number of nitrogens with one attached hydrogen (secondary N) is 2. The van der Waals surface area contributed by atoms with E-state index in [2.05, 4.69) is 65.4 Å². The van der Waals surface area contributed by atoms with E-state index in [1.807, 2.05) is 19.1 Å². The number of aromatic amines is 1. The number of benzene rings is 2. The zero-order chi connectivity index (χ0) is 25.1. The van der Waals surface area contributed by atoms with Gasteiger partial charge < -0.3 is 29.4 Å². The van der Waals surface area contributed by atoms with Crippen molar-refractivity contribution >= 4 is 28.2 Å². The van der Waals surface area contributed by atoms with Gasteiger partial charge in [-0.05, 0) is 61.7 Å². The van der Waals surface area contributed by atoms with Crippen LogP contribution in [0.5, 0.6) is 11.5 Å². The van der Waals surface area contributed by atoms with Gasteiger partial charge in [-0.25, -0.2) is 4.98 Å². The van der Waals surface area contributed by atoms with Gasteiger partial charge in [-0.15, -0.1) is 0 Å². The summed E-state index contributed by atoms with van der Waals surface area (Å²) in [5, 5.41) is 4.72. The fourth-order valence-corrected chi connectivity index (χ4v) is 4.59. The van der Waals surface area contributed by atoms with Crippen LogP contribution in [0.15, 0.2) is 48.5 Å². The second-order valence-electron chi connectivity index (χ2n) is 9.31. The highest BCUT2D eigenvalue weighted by molar-refractivity contribution is 5.88. The molecule has 0 saturated carbocycles. The number of hydrogen-bond acceptors (Lipinski definition) is 6. The number of aromatic nitrogens is 2. The van der Waals surface area contributed by atoms with E-state index in [1.165, 1.54) is 22.2 Å². The van der Waals surface area contributed by atoms with Gasteiger partial charge >= 0.3 is 0 Å². The summed E-state index contributed by atoms with van der Waals surface area (Å²) < 4.78 is 17.2. The molecule has 2 aromatic carbocycles. The molecule has 3 heterocycles. The van der Waals surface area contributed by atoms with E-state index in [-0.39, 0.29) is 0 Å². The second-order valence-corrected chi connectivity index (χ2v) is 9.31. The van der Waals surface area contributed by atoms with E-state index in [0.717, 1.165) is 59.4 Å². The number of fused-ring (bicyclic) bond motifs is 1. The highest BCUT2D eigenvalue weighted by Crippen LogP contribution is 2.29. The standard InChI is InChI=1S/C29H34N4O3/c1-19-5-6-22(15-27(19)34-4)9-12-36-24-17-28(32-29(18-24)33-10-13-35-14-11-33)31-23-7-8-26-25(16-23)20(2)21(3)30-26/h5-8,15-18,30H,9-14H2,1-4H3,(H,31,32). The Kier molecular flexibility index (Phi) is 7.00. The number of hydrogen-bond donors (Lipinski definition) is 2. The lowest BCUT2D eigenvalue weighted by Gasteiger charge is -2.28. The first-order valence-corrected chi connectivity index (χ1v) is 12.5. The van der Waals surface area contributed by atoms with Crippen molar-refractivity contribution in [3.05, 3.63) is 70.9 Å². The molecule has 0 aliphatic carbocycles. The van der Waals surface area contributed by atoms with Crippen LogP contribution < -0.4 is 19.7 Å². The number of aryl methyl sites for hydroxylation is 3. The average molecular weight is 487 g/mol. The predicted octanol–water partition coefficient (Wildman–Crippen LogP) is 5.70. The molecule has 2 aromatic heterocycles. The van der Waals surface area contributed by atoms with E-state index in [1.54, 1.807) is 7.11 Å². The zero-order valence-corrected chi connectivity index (χ0v) is 21.5. The lowest BCUT2D eigenvalue weighted by atomic mass is 10.1. The number of nitrogens with zero attached hydrogens (tertiary/aromatic N) is 2. The van der Waals surface area contributed by atoms with Crippen molar-refractivity contribution in [1.29, 1.82) is 0 Å². The molecule has 0 amide bonds. The van der Waals surface area contributed by atoms with Crippen molar-refractivity contribution in [1.82, 2.24) is 9.97 Å². The minimum atomic E-state index is 0.562. The monoisotopic (exact) mass is 486 g/mol. The third-order valence-electron chi connectivity index (χ3n) is 6.83. The third-order valence-corrected chi connectivity index (χ3v) is 6.83. The maximum Gasteiger partial charge on any atom is 0.136 e. The Labute approximate surface area is 212 Å². The van der Waals surface area contributed by atoms with Crippen LogP contribution in [0, 0.1) is 20.8 Å². The summed E-state index contributed by atoms with van der Waals surface area (Å²) in [4.78, 5) is 10.6. The largest absolute Gasteiger partial charge is 0.496 e. The van der Waals surface area contributed by atoms with E-state index in [9.17, 15) is 0 Å². The van der Waals surface area contributed by atoms with Crippen LogP contribution >= 0.6 is 0 Å². The molecule has 7 nitrogen and oxygen atoms in total. The van der Waals surface area contributed by atoms with Gasteiger partial charge in [0.05, 0.1) is 26.9 Å². The fourth-order valence-electron chi connectivity index (χ4n) is 4.59. The first-order valence-electron chi connectivity index (χ1n) is 12.5. The molecule has 0 bridgehead atoms. The van der Waals surface area contributed by atoms with Crippen molar-refractivity contribution in [3.8, 4) is 11.5 Å². The number of morpholine rings is 1. The lowest BCUT2D eigenvalue weighted by molar-refractivity contribution is 0.122. The van der Waals surface area contributed by atoms with Crippen LogP contribution in [-0.2, 0) is 11.2 Å². The molecule has 36 heavy (non-hydrogen) atoms. The lowest BCUT2D eigenvalue weighted by Crippen LogP contribution is -2.36. The first-order chi connectivity index (χ1) is 17.5. The summed E-state index contributed by atoms with van der Waals surface area (Å²) in [7, 11) is 1.71. The minimum Gasteiger partial charge on any atom is -0.496 e. The van der Waals surface area contributed by atoms with Crippen LogP contribution in [0.2, 0.25) is 0 Å². The van der Waals surface area contributed by atoms with Crippen LogP contribution in [0.1, 0.15) is 22.4 Å². The quantitative estimate of drug-likeness (QED) is 0.333. The third kappa shape index (κ3) is 5.26. The van der Waals surface area contributed by atoms with Gasteiger partial charge in [-0.2, -0.15) is 0 Å². The summed E-state index contributed by atoms with van der Waals surface area (Å²) in [5.41, 5.74) is 6.90. The smallest absolute Gasteiger partial charge is 0.136 e. The molecule has 7 heteroatoms. The van der Waals surface area contributed by atoms with Crippen molar-refractivity contribution in [2.75, 3.05) is 50.2 Å². The molecule has 0 atom stereocenters. The number of ether oxygens (including phenoxy) is 3. The Bertz CT molecular complexity index is 1360. The van der Waals surface area contributed by atoms with Crippen LogP contribution in [0.4, 0.5) is 17.3 Å². The molecule has 4 aromatic rings. The van der Waals surface area contributed by atoms with Gasteiger partial charge in [0.1, 0.15) is 23.1 Å². The summed E-state index contributed by atoms with van der Waals surface area (Å²) in [5.74, 6) is 3.35. The molecule has 1 fully saturated rings. The van der Waals surface area contributed by atoms with Gasteiger partial charge in [-0.3, -0.25) is 0 Å². The van der Waals surface area contributed by atoms with Gasteiger partial charge in [0.25, 0.3) is 0 Å². The van der Waals surface area contributed by atoms with Crippen LogP contribution in [0.25, 0.3) is 10.9 Å². The van der Waals surface area contributed by atoms with Crippen molar-refractivity contribution in [3.63, 3.8) is 0 Å². The number of methoxy groups -OCH3 is 1. The summed E-state index contributed by atoms with van der Waals surface area (Å²) in [6.45, 7) is 9.89. The number of rotatable bonds is 8. The number of H-pyrrole nitrogens is 1. The van der Waals surface area contributed by atoms with Crippen LogP contribution in [0.3, 0.4) is 0 Å². The summed E-state index contributed by atoms with van der Waals surface area (Å²) in [6.07, 6.45) is 0.789. The molecule has 0 unspecified atom stereocenters. The summed E-state index contributed by atoms with van der Waals surface area (Å²) >= 11 is 0. The molecule has 0 radical (unpaired) electrons. The van der Waals surface area contributed by atoms with E-state index in [0.29, 0.717) is 19.8 Å². The van der Waals surface area contributed by atoms with Crippen molar-refractivity contribution in [2.24, 2.45) is 0 Å². The maximum atomic E-state index is 6.23. The topological polar surface area (TPSA) is 71.6 Å². The molecule has 5 rings (SSSR count). The molecule has 2 N–H and O–H groups in total. The SMILES string of the molecule is COc1cc(CCOc2cc(Nc3ccc4[nH]c(C)c(C)c4c3)nc(N3CCOCC3)c2)ccc1C. The Morgan fingerprint density at radius 1 is 1.03 bits per heavy atom. The highest BCUT2D eigenvalue weighted by Gasteiger charge is 2.15.